The van der Waals surface area contributed by atoms with E-state index < -0.39 is 0 Å². The van der Waals surface area contributed by atoms with Crippen molar-refractivity contribution in [2.75, 3.05) is 12.9 Å². The van der Waals surface area contributed by atoms with Gasteiger partial charge in [0.1, 0.15) is 5.75 Å². The highest BCUT2D eigenvalue weighted by molar-refractivity contribution is 8.08. The topological polar surface area (TPSA) is 69.4 Å². The summed E-state index contributed by atoms with van der Waals surface area (Å²) in [6.07, 6.45) is 0. The number of carbonyl (C=O) groups is 2. The lowest BCUT2D eigenvalue weighted by molar-refractivity contribution is 0.101. The summed E-state index contributed by atoms with van der Waals surface area (Å²) >= 11 is 2.47. The van der Waals surface area contributed by atoms with Gasteiger partial charge in [0.15, 0.2) is 11.6 Å². The Morgan fingerprint density at radius 3 is 2.57 bits per heavy atom. The highest BCUT2D eigenvalue weighted by Crippen LogP contribution is 2.20. The molecule has 0 saturated carbocycles. The number of Topliss-reactive ketones (excluding diaryl/α,β-unsaturated/α-hetero) is 2. The molecule has 0 aliphatic heterocycles. The standard InChI is InChI=1S/C17H17NO3S2/c1-10-4-5-12(21-3)8-13(10)17(18)22-9-14(20)16-7-6-15(23-16)11(2)19/h4-8H,1,9,18H2,2-3H3/b17-13+. The maximum Gasteiger partial charge on any atom is 0.183 e. The fourth-order valence-corrected chi connectivity index (χ4v) is 3.60. The second-order valence-electron chi connectivity index (χ2n) is 4.82. The lowest BCUT2D eigenvalue weighted by Gasteiger charge is -2.03. The number of nitrogens with two attached hydrogens (primary N) is 1. The molecule has 0 saturated heterocycles. The normalized spacial score (nSPS) is 11.9. The summed E-state index contributed by atoms with van der Waals surface area (Å²) in [5.41, 5.74) is 6.08. The quantitative estimate of drug-likeness (QED) is 0.810. The Hall–Kier alpha value is -2.05. The van der Waals surface area contributed by atoms with E-state index in [4.69, 9.17) is 10.5 Å². The van der Waals surface area contributed by atoms with Gasteiger partial charge < -0.3 is 10.5 Å². The molecule has 0 aliphatic rings. The van der Waals surface area contributed by atoms with Crippen molar-refractivity contribution in [1.82, 2.24) is 0 Å². The first kappa shape index (κ1) is 17.3. The van der Waals surface area contributed by atoms with Crippen LogP contribution in [0.3, 0.4) is 0 Å². The minimum Gasteiger partial charge on any atom is -0.497 e. The van der Waals surface area contributed by atoms with Crippen LogP contribution >= 0.6 is 23.1 Å². The molecule has 2 N–H and O–H groups in total. The van der Waals surface area contributed by atoms with Gasteiger partial charge in [0.2, 0.25) is 0 Å². The molecule has 1 aromatic heterocycles. The third-order valence-electron chi connectivity index (χ3n) is 3.17. The average Bonchev–Trinajstić information content (AvgIpc) is 3.03. The van der Waals surface area contributed by atoms with Crippen LogP contribution in [0, 0.1) is 0 Å². The van der Waals surface area contributed by atoms with Crippen molar-refractivity contribution in [2.24, 2.45) is 5.73 Å². The molecule has 0 bridgehead atoms. The molecule has 6 heteroatoms. The van der Waals surface area contributed by atoms with E-state index in [9.17, 15) is 9.59 Å². The SMILES string of the molecule is C=c1ccc(OC)c/c1=C(/N)SCC(=O)c1ccc(C(C)=O)s1. The third kappa shape index (κ3) is 4.24. The van der Waals surface area contributed by atoms with Crippen LogP contribution in [0.1, 0.15) is 26.3 Å². The predicted molar refractivity (Wildman–Crippen MR) is 96.5 cm³/mol. The highest BCUT2D eigenvalue weighted by Gasteiger charge is 2.12. The van der Waals surface area contributed by atoms with Gasteiger partial charge >= 0.3 is 0 Å². The van der Waals surface area contributed by atoms with E-state index in [1.807, 2.05) is 12.1 Å². The zero-order chi connectivity index (χ0) is 17.0. The van der Waals surface area contributed by atoms with Crippen molar-refractivity contribution in [1.29, 1.82) is 0 Å². The lowest BCUT2D eigenvalue weighted by Crippen LogP contribution is -2.27. The van der Waals surface area contributed by atoms with Gasteiger partial charge in [0.05, 0.1) is 27.6 Å². The first-order chi connectivity index (χ1) is 10.9. The van der Waals surface area contributed by atoms with E-state index in [1.54, 1.807) is 25.3 Å². The van der Waals surface area contributed by atoms with Gasteiger partial charge in [-0.15, -0.1) is 23.1 Å². The van der Waals surface area contributed by atoms with Crippen molar-refractivity contribution >= 4 is 46.3 Å². The van der Waals surface area contributed by atoms with Crippen LogP contribution in [0.25, 0.3) is 11.6 Å². The Kier molecular flexibility index (Phi) is 5.63. The van der Waals surface area contributed by atoms with Crippen LogP contribution in [0.4, 0.5) is 0 Å². The summed E-state index contributed by atoms with van der Waals surface area (Å²) < 4.78 is 5.18. The Labute approximate surface area is 142 Å². The van der Waals surface area contributed by atoms with Crippen LogP contribution in [-0.4, -0.2) is 24.4 Å². The molecule has 23 heavy (non-hydrogen) atoms. The largest absolute Gasteiger partial charge is 0.497 e. The molecule has 0 radical (unpaired) electrons. The van der Waals surface area contributed by atoms with Crippen LogP contribution in [0.5, 0.6) is 5.75 Å². The van der Waals surface area contributed by atoms with E-state index >= 15 is 0 Å². The van der Waals surface area contributed by atoms with Crippen molar-refractivity contribution in [3.63, 3.8) is 0 Å². The Bertz CT molecular complexity index is 855. The lowest BCUT2D eigenvalue weighted by atomic mass is 10.2. The number of benzene rings is 1. The van der Waals surface area contributed by atoms with Gasteiger partial charge in [-0.3, -0.25) is 9.59 Å². The molecule has 1 heterocycles. The van der Waals surface area contributed by atoms with Crippen LogP contribution in [-0.2, 0) is 0 Å². The second-order valence-corrected chi connectivity index (χ2v) is 6.92. The van der Waals surface area contributed by atoms with Crippen LogP contribution in [0.2, 0.25) is 0 Å². The molecule has 0 atom stereocenters. The number of methoxy groups -OCH3 is 1. The van der Waals surface area contributed by atoms with E-state index in [1.165, 1.54) is 30.0 Å². The highest BCUT2D eigenvalue weighted by atomic mass is 32.2. The minimum absolute atomic E-state index is 0.0362. The summed E-state index contributed by atoms with van der Waals surface area (Å²) in [4.78, 5) is 24.6. The molecular weight excluding hydrogens is 330 g/mol. The molecule has 0 amide bonds. The summed E-state index contributed by atoms with van der Waals surface area (Å²) in [5, 5.41) is 2.06. The number of hydrogen-bond acceptors (Lipinski definition) is 6. The third-order valence-corrected chi connectivity index (χ3v) is 5.33. The smallest absolute Gasteiger partial charge is 0.183 e. The Balaban J connectivity index is 2.16. The van der Waals surface area contributed by atoms with E-state index in [0.717, 1.165) is 10.4 Å². The average molecular weight is 347 g/mol. The van der Waals surface area contributed by atoms with Gasteiger partial charge in [0.25, 0.3) is 0 Å². The molecule has 1 aromatic carbocycles. The first-order valence-electron chi connectivity index (χ1n) is 6.82. The molecule has 120 valence electrons. The molecule has 0 fully saturated rings. The second kappa shape index (κ2) is 7.48. The number of rotatable bonds is 6. The van der Waals surface area contributed by atoms with Crippen LogP contribution in [0.15, 0.2) is 30.3 Å². The maximum absolute atomic E-state index is 12.2. The van der Waals surface area contributed by atoms with E-state index in [0.29, 0.717) is 20.5 Å². The summed E-state index contributed by atoms with van der Waals surface area (Å²) in [6, 6.07) is 8.78. The van der Waals surface area contributed by atoms with Crippen molar-refractivity contribution in [3.05, 3.63) is 50.5 Å². The van der Waals surface area contributed by atoms with Gasteiger partial charge in [-0.1, -0.05) is 12.6 Å². The summed E-state index contributed by atoms with van der Waals surface area (Å²) in [6.45, 7) is 5.42. The predicted octanol–water partition coefficient (Wildman–Crippen LogP) is 2.01. The molecule has 0 aliphatic carbocycles. The summed E-state index contributed by atoms with van der Waals surface area (Å²) in [5.74, 6) is 0.807. The zero-order valence-corrected chi connectivity index (χ0v) is 14.6. The number of carbonyl (C=O) groups excluding carboxylic acids is 2. The van der Waals surface area contributed by atoms with Gasteiger partial charge in [0, 0.05) is 5.22 Å². The Morgan fingerprint density at radius 1 is 1.26 bits per heavy atom. The number of ketones is 2. The summed E-state index contributed by atoms with van der Waals surface area (Å²) in [7, 11) is 1.58. The molecule has 2 aromatic rings. The van der Waals surface area contributed by atoms with Crippen molar-refractivity contribution < 1.29 is 14.3 Å². The fraction of sp³-hybridized carbons (Fsp3) is 0.176. The molecule has 4 nitrogen and oxygen atoms in total. The molecule has 0 spiro atoms. The Morgan fingerprint density at radius 2 is 1.96 bits per heavy atom. The van der Waals surface area contributed by atoms with Gasteiger partial charge in [-0.2, -0.15) is 0 Å². The molecule has 2 rings (SSSR count). The number of hydrogen-bond donors (Lipinski definition) is 1. The molecule has 0 unspecified atom stereocenters. The number of thioether (sulfide) groups is 1. The number of ether oxygens (including phenoxy) is 1. The van der Waals surface area contributed by atoms with Crippen molar-refractivity contribution in [2.45, 2.75) is 6.92 Å². The first-order valence-corrected chi connectivity index (χ1v) is 8.62. The monoisotopic (exact) mass is 347 g/mol. The maximum atomic E-state index is 12.2. The molecular formula is C17H17NO3S2. The van der Waals surface area contributed by atoms with E-state index in [-0.39, 0.29) is 17.3 Å². The zero-order valence-electron chi connectivity index (χ0n) is 12.9. The van der Waals surface area contributed by atoms with Gasteiger partial charge in [-0.05, 0) is 36.4 Å². The minimum atomic E-state index is -0.0519. The number of thiophene rings is 1. The van der Waals surface area contributed by atoms with E-state index in [2.05, 4.69) is 6.58 Å². The fourth-order valence-electron chi connectivity index (χ4n) is 1.88. The van der Waals surface area contributed by atoms with Crippen molar-refractivity contribution in [3.8, 4) is 5.75 Å². The van der Waals surface area contributed by atoms with Crippen LogP contribution < -0.4 is 20.9 Å². The van der Waals surface area contributed by atoms with Gasteiger partial charge in [-0.25, -0.2) is 0 Å².